The summed E-state index contributed by atoms with van der Waals surface area (Å²) in [7, 11) is 0. The van der Waals surface area contributed by atoms with Gasteiger partial charge in [-0.15, -0.1) is 0 Å². The Bertz CT molecular complexity index is 675. The minimum absolute atomic E-state index is 0.136. The molecule has 0 saturated heterocycles. The molecule has 1 amide bonds. The molecule has 1 N–H and O–H groups in total. The maximum absolute atomic E-state index is 11.9. The third-order valence-electron chi connectivity index (χ3n) is 3.72. The number of amides is 1. The third-order valence-corrected chi connectivity index (χ3v) is 3.72. The lowest BCUT2D eigenvalue weighted by Gasteiger charge is -2.10. The molecule has 3 heteroatoms. The van der Waals surface area contributed by atoms with Gasteiger partial charge in [0.25, 0.3) is 0 Å². The first-order valence-corrected chi connectivity index (χ1v) is 6.41. The molecule has 94 valence electrons. The number of nitriles is 1. The van der Waals surface area contributed by atoms with Crippen LogP contribution in [0.5, 0.6) is 0 Å². The summed E-state index contributed by atoms with van der Waals surface area (Å²) in [5.74, 6) is -0.136. The number of hydrogen-bond donors (Lipinski definition) is 1. The highest BCUT2D eigenvalue weighted by atomic mass is 16.2. The smallest absolute Gasteiger partial charge is 0.240 e. The van der Waals surface area contributed by atoms with Crippen molar-refractivity contribution < 1.29 is 4.79 Å². The molecule has 0 heterocycles. The van der Waals surface area contributed by atoms with Crippen LogP contribution in [0.15, 0.2) is 42.5 Å². The van der Waals surface area contributed by atoms with Crippen LogP contribution in [-0.2, 0) is 11.3 Å². The van der Waals surface area contributed by atoms with E-state index in [4.69, 9.17) is 5.26 Å². The first kappa shape index (κ1) is 11.7. The lowest BCUT2D eigenvalue weighted by atomic mass is 10.0. The zero-order valence-corrected chi connectivity index (χ0v) is 10.5. The quantitative estimate of drug-likeness (QED) is 0.910. The second-order valence-corrected chi connectivity index (χ2v) is 5.01. The lowest BCUT2D eigenvalue weighted by molar-refractivity contribution is -0.124. The number of carbonyl (C=O) groups excluding carboxylic acids is 1. The Hall–Kier alpha value is -2.34. The lowest BCUT2D eigenvalue weighted by Crippen LogP contribution is -2.30. The van der Waals surface area contributed by atoms with E-state index in [1.165, 1.54) is 0 Å². The molecular formula is C16H14N2O. The van der Waals surface area contributed by atoms with Crippen molar-refractivity contribution in [2.75, 3.05) is 0 Å². The van der Waals surface area contributed by atoms with Gasteiger partial charge in [0.2, 0.25) is 5.91 Å². The first-order valence-electron chi connectivity index (χ1n) is 6.41. The van der Waals surface area contributed by atoms with E-state index in [9.17, 15) is 4.79 Å². The van der Waals surface area contributed by atoms with Crippen molar-refractivity contribution in [2.45, 2.75) is 19.4 Å². The van der Waals surface area contributed by atoms with Crippen molar-refractivity contribution in [2.24, 2.45) is 5.41 Å². The van der Waals surface area contributed by atoms with E-state index in [1.54, 1.807) is 0 Å². The summed E-state index contributed by atoms with van der Waals surface area (Å²) < 4.78 is 0. The molecule has 1 saturated carbocycles. The van der Waals surface area contributed by atoms with Crippen LogP contribution in [0.4, 0.5) is 0 Å². The van der Waals surface area contributed by atoms with E-state index in [0.29, 0.717) is 19.4 Å². The van der Waals surface area contributed by atoms with Crippen LogP contribution in [-0.4, -0.2) is 5.91 Å². The number of benzene rings is 2. The Morgan fingerprint density at radius 1 is 1.21 bits per heavy atom. The Labute approximate surface area is 111 Å². The number of fused-ring (bicyclic) bond motifs is 1. The maximum Gasteiger partial charge on any atom is 0.240 e. The second-order valence-electron chi connectivity index (χ2n) is 5.01. The average molecular weight is 250 g/mol. The standard InChI is InChI=1S/C16H14N2O/c17-11-16(8-9-16)15(19)18-10-13-6-3-5-12-4-1-2-7-14(12)13/h1-7H,8-10H2,(H,18,19). The highest BCUT2D eigenvalue weighted by Crippen LogP contribution is 2.45. The summed E-state index contributed by atoms with van der Waals surface area (Å²) in [4.78, 5) is 11.9. The van der Waals surface area contributed by atoms with E-state index in [0.717, 1.165) is 16.3 Å². The molecule has 1 fully saturated rings. The van der Waals surface area contributed by atoms with E-state index < -0.39 is 5.41 Å². The van der Waals surface area contributed by atoms with Gasteiger partial charge >= 0.3 is 0 Å². The van der Waals surface area contributed by atoms with Crippen LogP contribution in [0.25, 0.3) is 10.8 Å². The summed E-state index contributed by atoms with van der Waals surface area (Å²) in [6, 6.07) is 16.3. The van der Waals surface area contributed by atoms with E-state index in [-0.39, 0.29) is 5.91 Å². The molecule has 2 aromatic carbocycles. The molecule has 3 rings (SSSR count). The van der Waals surface area contributed by atoms with Gasteiger partial charge in [0.15, 0.2) is 0 Å². The fourth-order valence-corrected chi connectivity index (χ4v) is 2.31. The van der Waals surface area contributed by atoms with Gasteiger partial charge in [-0.05, 0) is 29.2 Å². The van der Waals surface area contributed by atoms with Crippen LogP contribution < -0.4 is 5.32 Å². The predicted octanol–water partition coefficient (Wildman–Crippen LogP) is 2.76. The Kier molecular flexibility index (Phi) is 2.72. The second kappa shape index (κ2) is 4.40. The van der Waals surface area contributed by atoms with E-state index in [1.807, 2.05) is 30.3 Å². The molecule has 0 unspecified atom stereocenters. The van der Waals surface area contributed by atoms with Crippen LogP contribution in [0.3, 0.4) is 0 Å². The first-order chi connectivity index (χ1) is 9.25. The minimum Gasteiger partial charge on any atom is -0.351 e. The molecular weight excluding hydrogens is 236 g/mol. The predicted molar refractivity (Wildman–Crippen MR) is 73.1 cm³/mol. The van der Waals surface area contributed by atoms with Crippen LogP contribution in [0.1, 0.15) is 18.4 Å². The molecule has 2 aromatic rings. The highest BCUT2D eigenvalue weighted by molar-refractivity contribution is 5.89. The van der Waals surface area contributed by atoms with Crippen LogP contribution >= 0.6 is 0 Å². The van der Waals surface area contributed by atoms with Gasteiger partial charge < -0.3 is 5.32 Å². The minimum atomic E-state index is -0.745. The molecule has 1 aliphatic rings. The van der Waals surface area contributed by atoms with Gasteiger partial charge in [-0.1, -0.05) is 42.5 Å². The number of carbonyl (C=O) groups is 1. The molecule has 0 aliphatic heterocycles. The summed E-state index contributed by atoms with van der Waals surface area (Å²) in [5, 5.41) is 14.2. The Morgan fingerprint density at radius 3 is 2.68 bits per heavy atom. The zero-order chi connectivity index (χ0) is 13.3. The fraction of sp³-hybridized carbons (Fsp3) is 0.250. The van der Waals surface area contributed by atoms with Crippen molar-refractivity contribution >= 4 is 16.7 Å². The summed E-state index contributed by atoms with van der Waals surface area (Å²) in [6.07, 6.45) is 1.37. The fourth-order valence-electron chi connectivity index (χ4n) is 2.31. The van der Waals surface area contributed by atoms with Gasteiger partial charge in [0, 0.05) is 6.54 Å². The summed E-state index contributed by atoms with van der Waals surface area (Å²) in [5.41, 5.74) is 0.338. The van der Waals surface area contributed by atoms with Crippen LogP contribution in [0, 0.1) is 16.7 Å². The number of nitrogens with one attached hydrogen (secondary N) is 1. The monoisotopic (exact) mass is 250 g/mol. The third kappa shape index (κ3) is 2.06. The van der Waals surface area contributed by atoms with Gasteiger partial charge in [0.1, 0.15) is 5.41 Å². The van der Waals surface area contributed by atoms with Gasteiger partial charge in [-0.25, -0.2) is 0 Å². The topological polar surface area (TPSA) is 52.9 Å². The molecule has 19 heavy (non-hydrogen) atoms. The number of hydrogen-bond acceptors (Lipinski definition) is 2. The van der Waals surface area contributed by atoms with Crippen molar-refractivity contribution in [1.82, 2.24) is 5.32 Å². The molecule has 3 nitrogen and oxygen atoms in total. The van der Waals surface area contributed by atoms with Gasteiger partial charge in [0.05, 0.1) is 6.07 Å². The normalized spacial score (nSPS) is 15.7. The number of nitrogens with zero attached hydrogens (tertiary/aromatic N) is 1. The average Bonchev–Trinajstić information content (AvgIpc) is 3.26. The maximum atomic E-state index is 11.9. The molecule has 0 radical (unpaired) electrons. The largest absolute Gasteiger partial charge is 0.351 e. The Balaban J connectivity index is 1.79. The summed E-state index contributed by atoms with van der Waals surface area (Å²) >= 11 is 0. The SMILES string of the molecule is N#CC1(C(=O)NCc2cccc3ccccc23)CC1. The molecule has 0 atom stereocenters. The zero-order valence-electron chi connectivity index (χ0n) is 10.5. The van der Waals surface area contributed by atoms with Gasteiger partial charge in [-0.3, -0.25) is 4.79 Å². The van der Waals surface area contributed by atoms with Gasteiger partial charge in [-0.2, -0.15) is 5.26 Å². The van der Waals surface area contributed by atoms with E-state index >= 15 is 0 Å². The number of rotatable bonds is 3. The van der Waals surface area contributed by atoms with Crippen molar-refractivity contribution in [3.05, 3.63) is 48.0 Å². The summed E-state index contributed by atoms with van der Waals surface area (Å²) in [6.45, 7) is 0.476. The van der Waals surface area contributed by atoms with Crippen LogP contribution in [0.2, 0.25) is 0 Å². The Morgan fingerprint density at radius 2 is 1.95 bits per heavy atom. The van der Waals surface area contributed by atoms with Crippen molar-refractivity contribution in [3.8, 4) is 6.07 Å². The molecule has 1 aliphatic carbocycles. The molecule has 0 bridgehead atoms. The van der Waals surface area contributed by atoms with Crippen molar-refractivity contribution in [1.29, 1.82) is 5.26 Å². The van der Waals surface area contributed by atoms with E-state index in [2.05, 4.69) is 23.5 Å². The molecule has 0 aromatic heterocycles. The van der Waals surface area contributed by atoms with Crippen molar-refractivity contribution in [3.63, 3.8) is 0 Å². The highest BCUT2D eigenvalue weighted by Gasteiger charge is 2.50. The molecule has 0 spiro atoms.